The van der Waals surface area contributed by atoms with E-state index >= 15 is 0 Å². The number of aromatic nitrogens is 1. The van der Waals surface area contributed by atoms with Gasteiger partial charge in [-0.15, -0.1) is 11.3 Å². The molecule has 0 saturated heterocycles. The van der Waals surface area contributed by atoms with Gasteiger partial charge in [0.15, 0.2) is 4.80 Å². The standard InChI is InChI=1S/C12H11FN2OS/c1-2-15-7-8-17-12(15)14-11(16)9-3-5-10(13)6-4-9/h3-8H,2H2,1H3. The van der Waals surface area contributed by atoms with Gasteiger partial charge >= 0.3 is 0 Å². The summed E-state index contributed by atoms with van der Waals surface area (Å²) in [7, 11) is 0. The third-order valence-electron chi connectivity index (χ3n) is 2.29. The van der Waals surface area contributed by atoms with Crippen molar-refractivity contribution in [2.45, 2.75) is 13.5 Å². The molecule has 0 spiro atoms. The van der Waals surface area contributed by atoms with Crippen LogP contribution in [0.25, 0.3) is 0 Å². The van der Waals surface area contributed by atoms with Crippen LogP contribution in [0.5, 0.6) is 0 Å². The summed E-state index contributed by atoms with van der Waals surface area (Å²) in [5.74, 6) is -0.712. The van der Waals surface area contributed by atoms with Crippen LogP contribution in [0.15, 0.2) is 40.8 Å². The number of benzene rings is 1. The highest BCUT2D eigenvalue weighted by Crippen LogP contribution is 2.04. The fourth-order valence-electron chi connectivity index (χ4n) is 1.37. The Kier molecular flexibility index (Phi) is 3.49. The van der Waals surface area contributed by atoms with Gasteiger partial charge in [0.05, 0.1) is 0 Å². The monoisotopic (exact) mass is 250 g/mol. The number of carbonyl (C=O) groups is 1. The maximum atomic E-state index is 12.7. The lowest BCUT2D eigenvalue weighted by Crippen LogP contribution is -2.15. The van der Waals surface area contributed by atoms with Crippen LogP contribution in [-0.4, -0.2) is 10.5 Å². The summed E-state index contributed by atoms with van der Waals surface area (Å²) < 4.78 is 14.6. The number of halogens is 1. The molecular weight excluding hydrogens is 239 g/mol. The maximum Gasteiger partial charge on any atom is 0.279 e. The number of amides is 1. The molecular formula is C12H11FN2OS. The van der Waals surface area contributed by atoms with E-state index in [4.69, 9.17) is 0 Å². The molecule has 0 aliphatic heterocycles. The van der Waals surface area contributed by atoms with Crippen molar-refractivity contribution in [2.24, 2.45) is 4.99 Å². The largest absolute Gasteiger partial charge is 0.324 e. The molecule has 0 aliphatic carbocycles. The van der Waals surface area contributed by atoms with Crippen molar-refractivity contribution in [1.29, 1.82) is 0 Å². The summed E-state index contributed by atoms with van der Waals surface area (Å²) in [5.41, 5.74) is 0.391. The van der Waals surface area contributed by atoms with Crippen LogP contribution < -0.4 is 4.80 Å². The van der Waals surface area contributed by atoms with E-state index in [9.17, 15) is 9.18 Å². The van der Waals surface area contributed by atoms with E-state index in [0.29, 0.717) is 10.4 Å². The second-order valence-corrected chi connectivity index (χ2v) is 4.27. The number of thiazole rings is 1. The van der Waals surface area contributed by atoms with Gasteiger partial charge < -0.3 is 4.57 Å². The highest BCUT2D eigenvalue weighted by molar-refractivity contribution is 7.07. The summed E-state index contributed by atoms with van der Waals surface area (Å²) in [4.78, 5) is 16.5. The third kappa shape index (κ3) is 2.68. The van der Waals surface area contributed by atoms with Crippen LogP contribution in [0.2, 0.25) is 0 Å². The molecule has 2 aromatic rings. The van der Waals surface area contributed by atoms with Gasteiger partial charge in [-0.2, -0.15) is 4.99 Å². The molecule has 1 aromatic heterocycles. The zero-order valence-electron chi connectivity index (χ0n) is 9.26. The molecule has 5 heteroatoms. The van der Waals surface area contributed by atoms with Gasteiger partial charge in [-0.1, -0.05) is 0 Å². The van der Waals surface area contributed by atoms with Crippen molar-refractivity contribution < 1.29 is 9.18 Å². The molecule has 3 nitrogen and oxygen atoms in total. The first-order valence-electron chi connectivity index (χ1n) is 5.19. The van der Waals surface area contributed by atoms with E-state index in [2.05, 4.69) is 4.99 Å². The molecule has 1 aromatic carbocycles. The van der Waals surface area contributed by atoms with E-state index in [1.54, 1.807) is 0 Å². The molecule has 1 amide bonds. The van der Waals surface area contributed by atoms with E-state index in [1.807, 2.05) is 23.1 Å². The summed E-state index contributed by atoms with van der Waals surface area (Å²) in [6, 6.07) is 5.38. The van der Waals surface area contributed by atoms with E-state index in [0.717, 1.165) is 6.54 Å². The predicted octanol–water partition coefficient (Wildman–Crippen LogP) is 2.45. The zero-order valence-corrected chi connectivity index (χ0v) is 10.1. The average molecular weight is 250 g/mol. The van der Waals surface area contributed by atoms with Crippen LogP contribution in [0, 0.1) is 5.82 Å². The molecule has 0 aliphatic rings. The topological polar surface area (TPSA) is 34.4 Å². The van der Waals surface area contributed by atoms with Gasteiger partial charge in [0.1, 0.15) is 5.82 Å². The van der Waals surface area contributed by atoms with E-state index in [1.165, 1.54) is 35.6 Å². The molecule has 0 fully saturated rings. The first-order valence-corrected chi connectivity index (χ1v) is 6.07. The minimum Gasteiger partial charge on any atom is -0.324 e. The Morgan fingerprint density at radius 2 is 2.12 bits per heavy atom. The zero-order chi connectivity index (χ0) is 12.3. The molecule has 88 valence electrons. The molecule has 0 N–H and O–H groups in total. The van der Waals surface area contributed by atoms with Crippen LogP contribution >= 0.6 is 11.3 Å². The van der Waals surface area contributed by atoms with Crippen molar-refractivity contribution in [1.82, 2.24) is 4.57 Å². The summed E-state index contributed by atoms with van der Waals surface area (Å²) in [6.07, 6.45) is 1.88. The minimum absolute atomic E-state index is 0.352. The fourth-order valence-corrected chi connectivity index (χ4v) is 2.16. The average Bonchev–Trinajstić information content (AvgIpc) is 2.77. The Labute approximate surface area is 102 Å². The van der Waals surface area contributed by atoms with Crippen LogP contribution in [0.4, 0.5) is 4.39 Å². The summed E-state index contributed by atoms with van der Waals surface area (Å²) >= 11 is 1.40. The van der Waals surface area contributed by atoms with Gasteiger partial charge in [0.2, 0.25) is 0 Å². The maximum absolute atomic E-state index is 12.7. The Balaban J connectivity index is 2.33. The molecule has 0 unspecified atom stereocenters. The second kappa shape index (κ2) is 5.05. The Morgan fingerprint density at radius 3 is 2.76 bits per heavy atom. The second-order valence-electron chi connectivity index (χ2n) is 3.40. The lowest BCUT2D eigenvalue weighted by Gasteiger charge is -1.96. The highest BCUT2D eigenvalue weighted by atomic mass is 32.1. The lowest BCUT2D eigenvalue weighted by atomic mass is 10.2. The highest BCUT2D eigenvalue weighted by Gasteiger charge is 2.04. The van der Waals surface area contributed by atoms with Gasteiger partial charge in [0, 0.05) is 23.7 Å². The lowest BCUT2D eigenvalue weighted by molar-refractivity contribution is 0.0997. The van der Waals surface area contributed by atoms with Gasteiger partial charge in [-0.05, 0) is 31.2 Å². The van der Waals surface area contributed by atoms with Crippen molar-refractivity contribution in [3.63, 3.8) is 0 Å². The van der Waals surface area contributed by atoms with Crippen molar-refractivity contribution in [3.8, 4) is 0 Å². The number of aryl methyl sites for hydroxylation is 1. The van der Waals surface area contributed by atoms with Gasteiger partial charge in [0.25, 0.3) is 5.91 Å². The number of carbonyl (C=O) groups excluding carboxylic acids is 1. The van der Waals surface area contributed by atoms with Crippen molar-refractivity contribution in [3.05, 3.63) is 52.0 Å². The summed E-state index contributed by atoms with van der Waals surface area (Å²) in [5, 5.41) is 1.88. The fraction of sp³-hybridized carbons (Fsp3) is 0.167. The normalized spacial score (nSPS) is 11.8. The number of hydrogen-bond donors (Lipinski definition) is 0. The number of hydrogen-bond acceptors (Lipinski definition) is 2. The third-order valence-corrected chi connectivity index (χ3v) is 3.08. The molecule has 0 saturated carbocycles. The first-order chi connectivity index (χ1) is 8.20. The van der Waals surface area contributed by atoms with E-state index in [-0.39, 0.29) is 11.7 Å². The minimum atomic E-state index is -0.360. The van der Waals surface area contributed by atoms with E-state index < -0.39 is 0 Å². The van der Waals surface area contributed by atoms with Gasteiger partial charge in [-0.25, -0.2) is 4.39 Å². The Bertz CT molecular complexity index is 583. The van der Waals surface area contributed by atoms with Crippen molar-refractivity contribution >= 4 is 17.2 Å². The number of nitrogens with zero attached hydrogens (tertiary/aromatic N) is 2. The Hall–Kier alpha value is -1.75. The van der Waals surface area contributed by atoms with Crippen LogP contribution in [-0.2, 0) is 6.54 Å². The molecule has 0 radical (unpaired) electrons. The SMILES string of the molecule is CCn1ccsc1=NC(=O)c1ccc(F)cc1. The molecule has 17 heavy (non-hydrogen) atoms. The first kappa shape index (κ1) is 11.7. The summed E-state index contributed by atoms with van der Waals surface area (Å²) in [6.45, 7) is 2.74. The van der Waals surface area contributed by atoms with Crippen LogP contribution in [0.3, 0.4) is 0 Å². The quantitative estimate of drug-likeness (QED) is 0.806. The molecule has 0 atom stereocenters. The number of rotatable bonds is 2. The Morgan fingerprint density at radius 1 is 1.41 bits per heavy atom. The predicted molar refractivity (Wildman–Crippen MR) is 64.3 cm³/mol. The molecule has 1 heterocycles. The van der Waals surface area contributed by atoms with Crippen molar-refractivity contribution in [2.75, 3.05) is 0 Å². The van der Waals surface area contributed by atoms with Crippen LogP contribution in [0.1, 0.15) is 17.3 Å². The molecule has 0 bridgehead atoms. The smallest absolute Gasteiger partial charge is 0.279 e. The van der Waals surface area contributed by atoms with Gasteiger partial charge in [-0.3, -0.25) is 4.79 Å². The molecule has 2 rings (SSSR count).